The highest BCUT2D eigenvalue weighted by Gasteiger charge is 2.25. The molecule has 0 radical (unpaired) electrons. The maximum absolute atomic E-state index is 12.6. The van der Waals surface area contributed by atoms with Crippen LogP contribution in [0.25, 0.3) is 5.69 Å². The van der Waals surface area contributed by atoms with Gasteiger partial charge in [0.15, 0.2) is 0 Å². The molecule has 1 fully saturated rings. The summed E-state index contributed by atoms with van der Waals surface area (Å²) in [6, 6.07) is 6.53. The summed E-state index contributed by atoms with van der Waals surface area (Å²) in [4.78, 5) is 14.5. The highest BCUT2D eigenvalue weighted by molar-refractivity contribution is 7.99. The van der Waals surface area contributed by atoms with Gasteiger partial charge in [-0.2, -0.15) is 4.68 Å². The number of amides is 1. The van der Waals surface area contributed by atoms with Gasteiger partial charge in [0.2, 0.25) is 11.1 Å². The predicted octanol–water partition coefficient (Wildman–Crippen LogP) is 3.41. The number of nitrogens with zero attached hydrogens (tertiary/aromatic N) is 5. The van der Waals surface area contributed by atoms with Gasteiger partial charge in [-0.05, 0) is 67.5 Å². The Balaban J connectivity index is 1.63. The van der Waals surface area contributed by atoms with Crippen molar-refractivity contribution in [2.75, 3.05) is 12.8 Å². The Morgan fingerprint density at radius 2 is 2.00 bits per heavy atom. The molecule has 1 saturated carbocycles. The van der Waals surface area contributed by atoms with Crippen LogP contribution in [-0.2, 0) is 4.79 Å². The molecule has 0 aliphatic heterocycles. The van der Waals surface area contributed by atoms with E-state index >= 15 is 0 Å². The summed E-state index contributed by atoms with van der Waals surface area (Å²) in [6.07, 6.45) is 4.63. The molecular weight excluding hydrogens is 346 g/mol. The number of hydrogen-bond donors (Lipinski definition) is 0. The standard InChI is InChI=1S/C19H27N5OS/c1-13-5-8-16(9-6-13)23(4)18(25)12-26-19-20-21-22-24(19)17-10-7-14(2)11-15(17)3/h7,10-11,13,16H,5-6,8-9,12H2,1-4H3. The first-order valence-corrected chi connectivity index (χ1v) is 10.2. The van der Waals surface area contributed by atoms with E-state index in [-0.39, 0.29) is 5.91 Å². The molecule has 0 atom stereocenters. The Labute approximate surface area is 159 Å². The van der Waals surface area contributed by atoms with E-state index in [4.69, 9.17) is 0 Å². The topological polar surface area (TPSA) is 63.9 Å². The van der Waals surface area contributed by atoms with Crippen LogP contribution in [0.2, 0.25) is 0 Å². The number of aryl methyl sites for hydroxylation is 2. The van der Waals surface area contributed by atoms with Crippen molar-refractivity contribution >= 4 is 17.7 Å². The molecule has 0 saturated heterocycles. The number of carbonyl (C=O) groups excluding carboxylic acids is 1. The second-order valence-corrected chi connectivity index (χ2v) is 8.31. The molecule has 1 heterocycles. The van der Waals surface area contributed by atoms with E-state index in [1.807, 2.05) is 31.0 Å². The van der Waals surface area contributed by atoms with Crippen molar-refractivity contribution in [2.45, 2.75) is 57.7 Å². The molecule has 0 unspecified atom stereocenters. The van der Waals surface area contributed by atoms with Crippen molar-refractivity contribution in [2.24, 2.45) is 5.92 Å². The molecule has 1 aliphatic rings. The van der Waals surface area contributed by atoms with E-state index < -0.39 is 0 Å². The zero-order valence-corrected chi connectivity index (χ0v) is 16.8. The van der Waals surface area contributed by atoms with Crippen LogP contribution in [0.5, 0.6) is 0 Å². The van der Waals surface area contributed by atoms with Gasteiger partial charge in [-0.15, -0.1) is 5.10 Å². The maximum atomic E-state index is 12.6. The Bertz CT molecular complexity index is 767. The van der Waals surface area contributed by atoms with Crippen LogP contribution in [0.3, 0.4) is 0 Å². The van der Waals surface area contributed by atoms with Gasteiger partial charge in [0, 0.05) is 13.1 Å². The first kappa shape index (κ1) is 18.9. The molecule has 0 N–H and O–H groups in total. The summed E-state index contributed by atoms with van der Waals surface area (Å²) in [6.45, 7) is 6.40. The molecule has 7 heteroatoms. The monoisotopic (exact) mass is 373 g/mol. The van der Waals surface area contributed by atoms with Crippen molar-refractivity contribution in [3.8, 4) is 5.69 Å². The molecule has 1 aromatic carbocycles. The normalized spacial score (nSPS) is 20.2. The van der Waals surface area contributed by atoms with Gasteiger partial charge >= 0.3 is 0 Å². The largest absolute Gasteiger partial charge is 0.342 e. The molecule has 0 spiro atoms. The highest BCUT2D eigenvalue weighted by atomic mass is 32.2. The summed E-state index contributed by atoms with van der Waals surface area (Å²) in [7, 11) is 1.93. The Kier molecular flexibility index (Phi) is 5.96. The van der Waals surface area contributed by atoms with Crippen LogP contribution in [0, 0.1) is 19.8 Å². The third-order valence-corrected chi connectivity index (χ3v) is 6.18. The summed E-state index contributed by atoms with van der Waals surface area (Å²) in [5.74, 6) is 1.28. The predicted molar refractivity (Wildman–Crippen MR) is 104 cm³/mol. The Hall–Kier alpha value is -1.89. The van der Waals surface area contributed by atoms with Crippen molar-refractivity contribution in [3.05, 3.63) is 29.3 Å². The van der Waals surface area contributed by atoms with E-state index in [2.05, 4.69) is 35.4 Å². The smallest absolute Gasteiger partial charge is 0.233 e. The van der Waals surface area contributed by atoms with Crippen LogP contribution >= 0.6 is 11.8 Å². The average molecular weight is 374 g/mol. The van der Waals surface area contributed by atoms with Crippen LogP contribution in [0.15, 0.2) is 23.4 Å². The summed E-state index contributed by atoms with van der Waals surface area (Å²) < 4.78 is 1.72. The number of tetrazole rings is 1. The summed E-state index contributed by atoms with van der Waals surface area (Å²) in [5, 5.41) is 12.7. The molecule has 1 aromatic heterocycles. The number of thioether (sulfide) groups is 1. The first-order valence-electron chi connectivity index (χ1n) is 9.20. The van der Waals surface area contributed by atoms with E-state index in [0.29, 0.717) is 17.0 Å². The minimum Gasteiger partial charge on any atom is -0.342 e. The lowest BCUT2D eigenvalue weighted by atomic mass is 9.87. The molecule has 0 bridgehead atoms. The SMILES string of the molecule is Cc1ccc(-n2nnnc2SCC(=O)N(C)C2CCC(C)CC2)c(C)c1. The summed E-state index contributed by atoms with van der Waals surface area (Å²) in [5.41, 5.74) is 3.26. The van der Waals surface area contributed by atoms with Gasteiger partial charge in [-0.3, -0.25) is 4.79 Å². The Morgan fingerprint density at radius 3 is 2.69 bits per heavy atom. The number of rotatable bonds is 5. The second kappa shape index (κ2) is 8.20. The van der Waals surface area contributed by atoms with Gasteiger partial charge in [-0.25, -0.2) is 0 Å². The van der Waals surface area contributed by atoms with Crippen molar-refractivity contribution in [1.29, 1.82) is 0 Å². The van der Waals surface area contributed by atoms with Gasteiger partial charge in [0.1, 0.15) is 0 Å². The summed E-state index contributed by atoms with van der Waals surface area (Å²) >= 11 is 1.40. The number of hydrogen-bond acceptors (Lipinski definition) is 5. The van der Waals surface area contributed by atoms with Crippen LogP contribution in [0.4, 0.5) is 0 Å². The van der Waals surface area contributed by atoms with Crippen molar-refractivity contribution in [3.63, 3.8) is 0 Å². The molecule has 26 heavy (non-hydrogen) atoms. The fourth-order valence-electron chi connectivity index (χ4n) is 3.52. The third kappa shape index (κ3) is 4.26. The van der Waals surface area contributed by atoms with Crippen molar-refractivity contribution < 1.29 is 4.79 Å². The van der Waals surface area contributed by atoms with Gasteiger partial charge in [-0.1, -0.05) is 36.4 Å². The molecule has 3 rings (SSSR count). The molecule has 1 aliphatic carbocycles. The number of aromatic nitrogens is 4. The first-order chi connectivity index (χ1) is 12.5. The highest BCUT2D eigenvalue weighted by Crippen LogP contribution is 2.27. The molecule has 1 amide bonds. The lowest BCUT2D eigenvalue weighted by Crippen LogP contribution is -2.40. The zero-order valence-electron chi connectivity index (χ0n) is 16.0. The van der Waals surface area contributed by atoms with Gasteiger partial charge in [0.05, 0.1) is 11.4 Å². The van der Waals surface area contributed by atoms with Crippen LogP contribution in [0.1, 0.15) is 43.7 Å². The van der Waals surface area contributed by atoms with Gasteiger partial charge < -0.3 is 4.90 Å². The van der Waals surface area contributed by atoms with Gasteiger partial charge in [0.25, 0.3) is 0 Å². The van der Waals surface area contributed by atoms with E-state index in [9.17, 15) is 4.79 Å². The Morgan fingerprint density at radius 1 is 1.27 bits per heavy atom. The van der Waals surface area contributed by atoms with Crippen LogP contribution in [-0.4, -0.2) is 49.9 Å². The molecule has 2 aromatic rings. The fraction of sp³-hybridized carbons (Fsp3) is 0.579. The molecule has 140 valence electrons. The van der Waals surface area contributed by atoms with Crippen molar-refractivity contribution in [1.82, 2.24) is 25.1 Å². The third-order valence-electron chi connectivity index (χ3n) is 5.27. The van der Waals surface area contributed by atoms with E-state index in [0.717, 1.165) is 30.0 Å². The lowest BCUT2D eigenvalue weighted by molar-refractivity contribution is -0.129. The number of benzene rings is 1. The minimum atomic E-state index is 0.143. The average Bonchev–Trinajstić information content (AvgIpc) is 3.08. The fourth-order valence-corrected chi connectivity index (χ4v) is 4.33. The second-order valence-electron chi connectivity index (χ2n) is 7.37. The van der Waals surface area contributed by atoms with E-state index in [1.54, 1.807) is 4.68 Å². The molecular formula is C19H27N5OS. The lowest BCUT2D eigenvalue weighted by Gasteiger charge is -2.33. The maximum Gasteiger partial charge on any atom is 0.233 e. The number of carbonyl (C=O) groups is 1. The van der Waals surface area contributed by atoms with Crippen LogP contribution < -0.4 is 0 Å². The molecule has 6 nitrogen and oxygen atoms in total. The quantitative estimate of drug-likeness (QED) is 0.752. The van der Waals surface area contributed by atoms with E-state index in [1.165, 1.54) is 30.2 Å². The zero-order chi connectivity index (χ0) is 18.7. The minimum absolute atomic E-state index is 0.143.